The lowest BCUT2D eigenvalue weighted by Crippen LogP contribution is -2.46. The van der Waals surface area contributed by atoms with Gasteiger partial charge in [-0.15, -0.1) is 11.3 Å². The van der Waals surface area contributed by atoms with E-state index in [9.17, 15) is 14.0 Å². The van der Waals surface area contributed by atoms with Crippen molar-refractivity contribution in [1.82, 2.24) is 15.2 Å². The molecule has 226 valence electrons. The fourth-order valence-corrected chi connectivity index (χ4v) is 7.95. The average Bonchev–Trinajstić information content (AvgIpc) is 3.40. The van der Waals surface area contributed by atoms with Crippen LogP contribution in [0.3, 0.4) is 0 Å². The Hall–Kier alpha value is -3.40. The number of benzene rings is 2. The molecule has 0 bridgehead atoms. The minimum absolute atomic E-state index is 0.221. The molecule has 2 fully saturated rings. The highest BCUT2D eigenvalue weighted by Crippen LogP contribution is 2.38. The number of aryl methyl sites for hydroxylation is 1. The number of nitrogens with one attached hydrogen (secondary N) is 2. The van der Waals surface area contributed by atoms with E-state index < -0.39 is 0 Å². The van der Waals surface area contributed by atoms with Gasteiger partial charge in [0.05, 0.1) is 11.8 Å². The number of fused-ring (bicyclic) bond motifs is 1. The Bertz CT molecular complexity index is 1470. The first kappa shape index (κ1) is 29.7. The summed E-state index contributed by atoms with van der Waals surface area (Å²) in [5, 5.41) is 7.67. The molecule has 6 rings (SSSR count). The average molecular weight is 602 g/mol. The van der Waals surface area contributed by atoms with Crippen LogP contribution in [0.1, 0.15) is 87.2 Å². The number of hydrogen-bond donors (Lipinski definition) is 2. The van der Waals surface area contributed by atoms with Gasteiger partial charge in [0.25, 0.3) is 11.8 Å². The summed E-state index contributed by atoms with van der Waals surface area (Å²) >= 11 is 1.48. The molecule has 2 aliphatic heterocycles. The molecule has 2 saturated heterocycles. The second-order valence-electron chi connectivity index (χ2n) is 11.9. The standard InChI is InChI=1S/C34H40FN5O2S/c35-27-11-7-8-24(21-27)22-36-38-33(42)31-29-12-2-3-13-30(29)43-34(31)37-32(41)26-10-6-9-25(20-26)23-39-18-14-28(15-19-39)40-16-4-1-5-17-40/h6-11,20-22,28H,1-5,12-19,23H2,(H,37,41)(H,38,42). The Labute approximate surface area is 257 Å². The van der Waals surface area contributed by atoms with Gasteiger partial charge in [-0.05, 0) is 119 Å². The van der Waals surface area contributed by atoms with Gasteiger partial charge in [0.1, 0.15) is 10.8 Å². The van der Waals surface area contributed by atoms with Crippen LogP contribution in [-0.4, -0.2) is 60.0 Å². The first-order valence-electron chi connectivity index (χ1n) is 15.6. The summed E-state index contributed by atoms with van der Waals surface area (Å²) in [4.78, 5) is 33.1. The van der Waals surface area contributed by atoms with E-state index in [2.05, 4.69) is 31.7 Å². The summed E-state index contributed by atoms with van der Waals surface area (Å²) in [5.41, 5.74) is 6.32. The first-order valence-corrected chi connectivity index (χ1v) is 16.5. The fraction of sp³-hybridized carbons (Fsp3) is 0.441. The molecule has 2 amide bonds. The second-order valence-corrected chi connectivity index (χ2v) is 13.0. The van der Waals surface area contributed by atoms with Crippen molar-refractivity contribution in [2.45, 2.75) is 70.4 Å². The molecule has 43 heavy (non-hydrogen) atoms. The molecule has 0 atom stereocenters. The second kappa shape index (κ2) is 13.9. The van der Waals surface area contributed by atoms with Gasteiger partial charge >= 0.3 is 0 Å². The lowest BCUT2D eigenvalue weighted by atomic mass is 9.95. The van der Waals surface area contributed by atoms with Crippen LogP contribution in [0.5, 0.6) is 0 Å². The van der Waals surface area contributed by atoms with Gasteiger partial charge < -0.3 is 10.2 Å². The van der Waals surface area contributed by atoms with Crippen LogP contribution < -0.4 is 10.7 Å². The van der Waals surface area contributed by atoms with Crippen molar-refractivity contribution in [3.63, 3.8) is 0 Å². The number of likely N-dealkylation sites (tertiary alicyclic amines) is 2. The number of carbonyl (C=O) groups is 2. The largest absolute Gasteiger partial charge is 0.313 e. The summed E-state index contributed by atoms with van der Waals surface area (Å²) < 4.78 is 13.5. The summed E-state index contributed by atoms with van der Waals surface area (Å²) in [7, 11) is 0. The molecule has 7 nitrogen and oxygen atoms in total. The molecule has 3 aromatic rings. The highest BCUT2D eigenvalue weighted by molar-refractivity contribution is 7.17. The minimum Gasteiger partial charge on any atom is -0.313 e. The molecule has 0 saturated carbocycles. The van der Waals surface area contributed by atoms with E-state index in [1.165, 1.54) is 74.9 Å². The third-order valence-corrected chi connectivity index (χ3v) is 10.1. The Balaban J connectivity index is 1.11. The van der Waals surface area contributed by atoms with Crippen LogP contribution in [-0.2, 0) is 19.4 Å². The van der Waals surface area contributed by atoms with Gasteiger partial charge in [-0.25, -0.2) is 9.82 Å². The van der Waals surface area contributed by atoms with Crippen molar-refractivity contribution < 1.29 is 14.0 Å². The van der Waals surface area contributed by atoms with Crippen LogP contribution >= 0.6 is 11.3 Å². The van der Waals surface area contributed by atoms with Gasteiger partial charge in [-0.3, -0.25) is 14.5 Å². The summed E-state index contributed by atoms with van der Waals surface area (Å²) in [5.74, 6) is -0.959. The van der Waals surface area contributed by atoms with E-state index in [0.717, 1.165) is 61.3 Å². The van der Waals surface area contributed by atoms with Gasteiger partial charge in [0.2, 0.25) is 0 Å². The molecule has 3 aliphatic rings. The number of rotatable bonds is 8. The SMILES string of the molecule is O=C(Nc1sc2c(c1C(=O)NN=Cc1cccc(F)c1)CCCC2)c1cccc(CN2CCC(N3CCCCC3)CC2)c1. The smallest absolute Gasteiger partial charge is 0.274 e. The van der Waals surface area contributed by atoms with E-state index in [-0.39, 0.29) is 17.6 Å². The number of hydrogen-bond acceptors (Lipinski definition) is 6. The fourth-order valence-electron chi connectivity index (χ4n) is 6.67. The monoisotopic (exact) mass is 601 g/mol. The van der Waals surface area contributed by atoms with E-state index in [4.69, 9.17) is 0 Å². The van der Waals surface area contributed by atoms with Crippen molar-refractivity contribution in [3.8, 4) is 0 Å². The molecule has 2 aromatic carbocycles. The third kappa shape index (κ3) is 7.40. The topological polar surface area (TPSA) is 77.0 Å². The number of amides is 2. The predicted octanol–water partition coefficient (Wildman–Crippen LogP) is 6.23. The van der Waals surface area contributed by atoms with E-state index >= 15 is 0 Å². The predicted molar refractivity (Wildman–Crippen MR) is 171 cm³/mol. The number of nitrogens with zero attached hydrogens (tertiary/aromatic N) is 3. The van der Waals surface area contributed by atoms with E-state index in [1.54, 1.807) is 12.1 Å². The maximum Gasteiger partial charge on any atom is 0.274 e. The first-order chi connectivity index (χ1) is 21.0. The molecule has 0 radical (unpaired) electrons. The van der Waals surface area contributed by atoms with Gasteiger partial charge in [-0.1, -0.05) is 30.7 Å². The molecule has 9 heteroatoms. The van der Waals surface area contributed by atoms with Crippen molar-refractivity contribution in [1.29, 1.82) is 0 Å². The molecule has 3 heterocycles. The molecule has 0 spiro atoms. The zero-order chi connectivity index (χ0) is 29.6. The highest BCUT2D eigenvalue weighted by atomic mass is 32.1. The Morgan fingerprint density at radius 1 is 0.930 bits per heavy atom. The molecule has 1 aliphatic carbocycles. The number of hydrazone groups is 1. The van der Waals surface area contributed by atoms with Crippen LogP contribution in [0.4, 0.5) is 9.39 Å². The molecular weight excluding hydrogens is 561 g/mol. The molecule has 2 N–H and O–H groups in total. The summed E-state index contributed by atoms with van der Waals surface area (Å²) in [6.07, 6.45) is 11.6. The van der Waals surface area contributed by atoms with Crippen LogP contribution in [0.15, 0.2) is 53.6 Å². The van der Waals surface area contributed by atoms with Crippen LogP contribution in [0.25, 0.3) is 0 Å². The number of piperidine rings is 2. The number of carbonyl (C=O) groups excluding carboxylic acids is 2. The lowest BCUT2D eigenvalue weighted by molar-refractivity contribution is 0.0896. The van der Waals surface area contributed by atoms with E-state index in [1.807, 2.05) is 18.2 Å². The maximum atomic E-state index is 13.5. The Kier molecular flexibility index (Phi) is 9.61. The Morgan fingerprint density at radius 2 is 1.72 bits per heavy atom. The van der Waals surface area contributed by atoms with Gasteiger partial charge in [0, 0.05) is 23.0 Å². The number of thiophene rings is 1. The van der Waals surface area contributed by atoms with Crippen LogP contribution in [0, 0.1) is 5.82 Å². The van der Waals surface area contributed by atoms with Crippen molar-refractivity contribution >= 4 is 34.4 Å². The minimum atomic E-state index is -0.371. The van der Waals surface area contributed by atoms with Gasteiger partial charge in [-0.2, -0.15) is 5.10 Å². The lowest BCUT2D eigenvalue weighted by Gasteiger charge is -2.40. The zero-order valence-electron chi connectivity index (χ0n) is 24.6. The highest BCUT2D eigenvalue weighted by Gasteiger charge is 2.28. The zero-order valence-corrected chi connectivity index (χ0v) is 25.4. The van der Waals surface area contributed by atoms with Crippen molar-refractivity contribution in [3.05, 3.63) is 87.0 Å². The molecular formula is C34H40FN5O2S. The number of halogens is 1. The molecule has 1 aromatic heterocycles. The quantitative estimate of drug-likeness (QED) is 0.237. The third-order valence-electron chi connectivity index (χ3n) is 8.91. The van der Waals surface area contributed by atoms with E-state index in [0.29, 0.717) is 27.7 Å². The van der Waals surface area contributed by atoms with Crippen LogP contribution in [0.2, 0.25) is 0 Å². The van der Waals surface area contributed by atoms with Crippen molar-refractivity contribution in [2.24, 2.45) is 5.10 Å². The summed E-state index contributed by atoms with van der Waals surface area (Å²) in [6, 6.07) is 14.6. The van der Waals surface area contributed by atoms with Gasteiger partial charge in [0.15, 0.2) is 0 Å². The molecule has 0 unspecified atom stereocenters. The number of anilines is 1. The normalized spacial score (nSPS) is 18.4. The van der Waals surface area contributed by atoms with Crippen molar-refractivity contribution in [2.75, 3.05) is 31.5 Å². The maximum absolute atomic E-state index is 13.5. The summed E-state index contributed by atoms with van der Waals surface area (Å²) in [6.45, 7) is 5.50. The Morgan fingerprint density at radius 3 is 2.53 bits per heavy atom.